The summed E-state index contributed by atoms with van der Waals surface area (Å²) in [4.78, 5) is 22.8. The van der Waals surface area contributed by atoms with E-state index in [2.05, 4.69) is 15.5 Å². The van der Waals surface area contributed by atoms with Crippen molar-refractivity contribution < 1.29 is 9.53 Å². The van der Waals surface area contributed by atoms with Crippen LogP contribution in [0.25, 0.3) is 0 Å². The molecule has 1 aromatic carbocycles. The Morgan fingerprint density at radius 2 is 1.95 bits per heavy atom. The third-order valence-electron chi connectivity index (χ3n) is 2.88. The fourth-order valence-corrected chi connectivity index (χ4v) is 1.72. The summed E-state index contributed by atoms with van der Waals surface area (Å²) in [6.07, 6.45) is 0. The number of nitrogens with zero attached hydrogens (tertiary/aromatic N) is 1. The van der Waals surface area contributed by atoms with E-state index in [0.717, 1.165) is 11.3 Å². The Bertz CT molecular complexity index is 629. The van der Waals surface area contributed by atoms with Crippen LogP contribution in [0.3, 0.4) is 0 Å². The Kier molecular flexibility index (Phi) is 4.14. The number of ether oxygens (including phenoxy) is 1. The standard InChI is InChI=1S/C14H15N3O3/c1-9(10-3-5-11(20-2)6-4-10)15-14(19)12-7-8-13(18)17-16-12/h3-9H,1-2H3,(H,15,19)(H,17,18). The Hall–Kier alpha value is -2.63. The summed E-state index contributed by atoms with van der Waals surface area (Å²) in [5.74, 6) is 0.416. The lowest BCUT2D eigenvalue weighted by atomic mass is 10.1. The second-order valence-electron chi connectivity index (χ2n) is 4.27. The van der Waals surface area contributed by atoms with Gasteiger partial charge < -0.3 is 10.1 Å². The van der Waals surface area contributed by atoms with Crippen molar-refractivity contribution in [1.82, 2.24) is 15.5 Å². The predicted molar refractivity (Wildman–Crippen MR) is 73.7 cm³/mol. The Labute approximate surface area is 115 Å². The van der Waals surface area contributed by atoms with Crippen molar-refractivity contribution in [3.05, 3.63) is 58.0 Å². The van der Waals surface area contributed by atoms with Crippen molar-refractivity contribution in [2.45, 2.75) is 13.0 Å². The van der Waals surface area contributed by atoms with Gasteiger partial charge in [0.25, 0.3) is 11.5 Å². The highest BCUT2D eigenvalue weighted by Crippen LogP contribution is 2.17. The summed E-state index contributed by atoms with van der Waals surface area (Å²) in [6.45, 7) is 1.87. The highest BCUT2D eigenvalue weighted by molar-refractivity contribution is 5.92. The monoisotopic (exact) mass is 273 g/mol. The number of aromatic nitrogens is 2. The zero-order chi connectivity index (χ0) is 14.5. The van der Waals surface area contributed by atoms with E-state index in [9.17, 15) is 9.59 Å². The second-order valence-corrected chi connectivity index (χ2v) is 4.27. The first-order valence-corrected chi connectivity index (χ1v) is 6.10. The molecule has 0 aliphatic rings. The summed E-state index contributed by atoms with van der Waals surface area (Å²) in [7, 11) is 1.60. The lowest BCUT2D eigenvalue weighted by Crippen LogP contribution is -2.28. The number of rotatable bonds is 4. The van der Waals surface area contributed by atoms with Gasteiger partial charge in [-0.15, -0.1) is 0 Å². The Morgan fingerprint density at radius 1 is 1.25 bits per heavy atom. The minimum atomic E-state index is -0.343. The second kappa shape index (κ2) is 6.01. The van der Waals surface area contributed by atoms with Crippen LogP contribution in [0, 0.1) is 0 Å². The Balaban J connectivity index is 2.06. The van der Waals surface area contributed by atoms with Gasteiger partial charge in [-0.2, -0.15) is 5.10 Å². The van der Waals surface area contributed by atoms with Crippen LogP contribution >= 0.6 is 0 Å². The van der Waals surface area contributed by atoms with E-state index < -0.39 is 0 Å². The average molecular weight is 273 g/mol. The summed E-state index contributed by atoms with van der Waals surface area (Å²) >= 11 is 0. The van der Waals surface area contributed by atoms with E-state index in [-0.39, 0.29) is 23.2 Å². The number of amides is 1. The van der Waals surface area contributed by atoms with Crippen molar-refractivity contribution in [1.29, 1.82) is 0 Å². The maximum Gasteiger partial charge on any atom is 0.272 e. The lowest BCUT2D eigenvalue weighted by Gasteiger charge is -2.14. The molecule has 1 amide bonds. The molecule has 20 heavy (non-hydrogen) atoms. The number of carbonyl (C=O) groups is 1. The highest BCUT2D eigenvalue weighted by Gasteiger charge is 2.12. The van der Waals surface area contributed by atoms with Gasteiger partial charge in [0.05, 0.1) is 13.2 Å². The number of hydrogen-bond donors (Lipinski definition) is 2. The number of H-pyrrole nitrogens is 1. The topological polar surface area (TPSA) is 84.1 Å². The van der Waals surface area contributed by atoms with Gasteiger partial charge in [0.2, 0.25) is 0 Å². The van der Waals surface area contributed by atoms with E-state index in [4.69, 9.17) is 4.74 Å². The van der Waals surface area contributed by atoms with Crippen LogP contribution in [-0.2, 0) is 0 Å². The molecule has 1 heterocycles. The van der Waals surface area contributed by atoms with Gasteiger partial charge in [-0.25, -0.2) is 5.10 Å². The van der Waals surface area contributed by atoms with Gasteiger partial charge >= 0.3 is 0 Å². The van der Waals surface area contributed by atoms with Crippen molar-refractivity contribution >= 4 is 5.91 Å². The zero-order valence-electron chi connectivity index (χ0n) is 11.2. The molecule has 1 unspecified atom stereocenters. The van der Waals surface area contributed by atoms with Crippen LogP contribution in [-0.4, -0.2) is 23.2 Å². The van der Waals surface area contributed by atoms with E-state index in [1.165, 1.54) is 12.1 Å². The molecule has 0 aliphatic heterocycles. The number of carbonyl (C=O) groups excluding carboxylic acids is 1. The summed E-state index contributed by atoms with van der Waals surface area (Å²) < 4.78 is 5.08. The molecule has 0 saturated heterocycles. The Morgan fingerprint density at radius 3 is 2.50 bits per heavy atom. The van der Waals surface area contributed by atoms with Gasteiger partial charge in [0.1, 0.15) is 11.4 Å². The van der Waals surface area contributed by atoms with Gasteiger partial charge in [0, 0.05) is 6.07 Å². The minimum Gasteiger partial charge on any atom is -0.497 e. The number of benzene rings is 1. The van der Waals surface area contributed by atoms with Crippen LogP contribution in [0.5, 0.6) is 5.75 Å². The molecule has 0 fully saturated rings. The van der Waals surface area contributed by atoms with Crippen LogP contribution in [0.2, 0.25) is 0 Å². The lowest BCUT2D eigenvalue weighted by molar-refractivity contribution is 0.0933. The molecule has 1 aromatic heterocycles. The molecule has 0 spiro atoms. The molecule has 2 N–H and O–H groups in total. The summed E-state index contributed by atoms with van der Waals surface area (Å²) in [6, 6.07) is 9.89. The molecular weight excluding hydrogens is 258 g/mol. The van der Waals surface area contributed by atoms with Gasteiger partial charge in [-0.3, -0.25) is 9.59 Å². The molecule has 1 atom stereocenters. The maximum absolute atomic E-state index is 11.9. The third kappa shape index (κ3) is 3.23. The normalized spacial score (nSPS) is 11.7. The summed E-state index contributed by atoms with van der Waals surface area (Å²) in [5.41, 5.74) is 0.776. The average Bonchev–Trinajstić information content (AvgIpc) is 2.48. The maximum atomic E-state index is 11.9. The van der Waals surface area contributed by atoms with Gasteiger partial charge in [-0.05, 0) is 30.7 Å². The third-order valence-corrected chi connectivity index (χ3v) is 2.88. The first-order chi connectivity index (χ1) is 9.60. The van der Waals surface area contributed by atoms with E-state index in [0.29, 0.717) is 0 Å². The predicted octanol–water partition coefficient (Wildman–Crippen LogP) is 1.27. The smallest absolute Gasteiger partial charge is 0.272 e. The molecule has 104 valence electrons. The van der Waals surface area contributed by atoms with Crippen molar-refractivity contribution in [3.8, 4) is 5.75 Å². The van der Waals surface area contributed by atoms with Crippen molar-refractivity contribution in [2.75, 3.05) is 7.11 Å². The quantitative estimate of drug-likeness (QED) is 0.878. The largest absolute Gasteiger partial charge is 0.497 e. The van der Waals surface area contributed by atoms with Crippen LogP contribution in [0.15, 0.2) is 41.2 Å². The SMILES string of the molecule is COc1ccc(C(C)NC(=O)c2ccc(=O)[nH]n2)cc1. The van der Waals surface area contributed by atoms with Crippen LogP contribution in [0.1, 0.15) is 29.0 Å². The first kappa shape index (κ1) is 13.8. The van der Waals surface area contributed by atoms with E-state index in [1.54, 1.807) is 7.11 Å². The minimum absolute atomic E-state index is 0.171. The molecule has 0 saturated carbocycles. The van der Waals surface area contributed by atoms with E-state index >= 15 is 0 Å². The number of aromatic amines is 1. The van der Waals surface area contributed by atoms with Crippen molar-refractivity contribution in [2.24, 2.45) is 0 Å². The van der Waals surface area contributed by atoms with Crippen LogP contribution < -0.4 is 15.6 Å². The fourth-order valence-electron chi connectivity index (χ4n) is 1.72. The molecular formula is C14H15N3O3. The molecule has 6 nitrogen and oxygen atoms in total. The van der Waals surface area contributed by atoms with Gasteiger partial charge in [0.15, 0.2) is 0 Å². The van der Waals surface area contributed by atoms with E-state index in [1.807, 2.05) is 31.2 Å². The number of hydrogen-bond acceptors (Lipinski definition) is 4. The molecule has 0 bridgehead atoms. The molecule has 2 aromatic rings. The van der Waals surface area contributed by atoms with Crippen LogP contribution in [0.4, 0.5) is 0 Å². The van der Waals surface area contributed by atoms with Crippen molar-refractivity contribution in [3.63, 3.8) is 0 Å². The zero-order valence-corrected chi connectivity index (χ0v) is 11.2. The van der Waals surface area contributed by atoms with Gasteiger partial charge in [-0.1, -0.05) is 12.1 Å². The first-order valence-electron chi connectivity index (χ1n) is 6.10. The molecule has 6 heteroatoms. The molecule has 2 rings (SSSR count). The molecule has 0 aliphatic carbocycles. The highest BCUT2D eigenvalue weighted by atomic mass is 16.5. The number of methoxy groups -OCH3 is 1. The fraction of sp³-hybridized carbons (Fsp3) is 0.214. The number of nitrogens with one attached hydrogen (secondary N) is 2. The summed E-state index contributed by atoms with van der Waals surface area (Å²) in [5, 5.41) is 8.71. The molecule has 0 radical (unpaired) electrons.